The zero-order valence-electron chi connectivity index (χ0n) is 15.7. The van der Waals surface area contributed by atoms with Crippen LogP contribution in [-0.2, 0) is 6.54 Å². The average Bonchev–Trinajstić information content (AvgIpc) is 3.15. The Morgan fingerprint density at radius 1 is 1.19 bits per heavy atom. The van der Waals surface area contributed by atoms with Crippen molar-refractivity contribution in [2.24, 2.45) is 5.73 Å². The van der Waals surface area contributed by atoms with Gasteiger partial charge in [0.15, 0.2) is 0 Å². The minimum Gasteiger partial charge on any atom is -0.366 e. The average molecular weight is 363 g/mol. The van der Waals surface area contributed by atoms with Crippen LogP contribution in [0.4, 0.5) is 0 Å². The highest BCUT2D eigenvalue weighted by Gasteiger charge is 2.11. The van der Waals surface area contributed by atoms with Gasteiger partial charge in [-0.05, 0) is 55.8 Å². The second-order valence-electron chi connectivity index (χ2n) is 6.91. The molecule has 6 heteroatoms. The lowest BCUT2D eigenvalue weighted by molar-refractivity contribution is 0.1000. The van der Waals surface area contributed by atoms with Gasteiger partial charge in [0.05, 0.1) is 17.6 Å². The molecule has 0 bridgehead atoms. The molecule has 3 aromatic rings. The molecule has 1 atom stereocenters. The quantitative estimate of drug-likeness (QED) is 0.667. The van der Waals surface area contributed by atoms with Crippen molar-refractivity contribution in [1.82, 2.24) is 19.9 Å². The topological polar surface area (TPSA) is 77.0 Å². The second-order valence-corrected chi connectivity index (χ2v) is 6.91. The van der Waals surface area contributed by atoms with Crippen LogP contribution in [0.2, 0.25) is 0 Å². The molecule has 0 aliphatic rings. The fourth-order valence-corrected chi connectivity index (χ4v) is 3.01. The molecule has 1 aromatic heterocycles. The number of benzene rings is 2. The molecule has 1 amide bonds. The molecule has 0 aliphatic heterocycles. The van der Waals surface area contributed by atoms with E-state index in [1.54, 1.807) is 10.7 Å². The van der Waals surface area contributed by atoms with Crippen molar-refractivity contribution in [3.8, 4) is 5.69 Å². The molecule has 0 saturated heterocycles. The van der Waals surface area contributed by atoms with Gasteiger partial charge in [0.2, 0.25) is 5.91 Å². The third-order valence-corrected chi connectivity index (χ3v) is 4.68. The van der Waals surface area contributed by atoms with Crippen molar-refractivity contribution in [1.29, 1.82) is 0 Å². The SMILES string of the molecule is CC(CCN(C)Cc1cn(-c2ccccc2)nn1)c1cccc(C(N)=O)c1. The van der Waals surface area contributed by atoms with Crippen LogP contribution in [-0.4, -0.2) is 39.4 Å². The number of hydrogen-bond acceptors (Lipinski definition) is 4. The fourth-order valence-electron chi connectivity index (χ4n) is 3.01. The summed E-state index contributed by atoms with van der Waals surface area (Å²) in [6.07, 6.45) is 2.94. The van der Waals surface area contributed by atoms with E-state index in [4.69, 9.17) is 5.73 Å². The van der Waals surface area contributed by atoms with E-state index in [0.29, 0.717) is 11.5 Å². The smallest absolute Gasteiger partial charge is 0.248 e. The summed E-state index contributed by atoms with van der Waals surface area (Å²) in [5, 5.41) is 8.47. The van der Waals surface area contributed by atoms with Crippen LogP contribution in [0.1, 0.15) is 40.9 Å². The Hall–Kier alpha value is -2.99. The van der Waals surface area contributed by atoms with Crippen LogP contribution in [0.3, 0.4) is 0 Å². The van der Waals surface area contributed by atoms with Gasteiger partial charge in [0, 0.05) is 12.1 Å². The maximum atomic E-state index is 11.3. The molecule has 1 unspecified atom stereocenters. The number of rotatable bonds is 8. The van der Waals surface area contributed by atoms with Gasteiger partial charge in [-0.1, -0.05) is 42.5 Å². The van der Waals surface area contributed by atoms with E-state index in [0.717, 1.165) is 36.5 Å². The Kier molecular flexibility index (Phi) is 5.98. The van der Waals surface area contributed by atoms with Crippen molar-refractivity contribution in [2.45, 2.75) is 25.8 Å². The monoisotopic (exact) mass is 363 g/mol. The molecule has 0 aliphatic carbocycles. The summed E-state index contributed by atoms with van der Waals surface area (Å²) in [5.74, 6) is -0.0468. The first-order chi connectivity index (χ1) is 13.0. The highest BCUT2D eigenvalue weighted by atomic mass is 16.1. The Morgan fingerprint density at radius 2 is 1.96 bits per heavy atom. The molecular formula is C21H25N5O. The summed E-state index contributed by atoms with van der Waals surface area (Å²) in [4.78, 5) is 13.6. The highest BCUT2D eigenvalue weighted by molar-refractivity contribution is 5.92. The minimum absolute atomic E-state index is 0.340. The number of amides is 1. The first-order valence-electron chi connectivity index (χ1n) is 9.08. The molecule has 0 spiro atoms. The summed E-state index contributed by atoms with van der Waals surface area (Å²) >= 11 is 0. The van der Waals surface area contributed by atoms with Crippen molar-refractivity contribution < 1.29 is 4.79 Å². The van der Waals surface area contributed by atoms with E-state index in [2.05, 4.69) is 29.2 Å². The first kappa shape index (κ1) is 18.8. The molecule has 0 saturated carbocycles. The Labute approximate surface area is 159 Å². The second kappa shape index (κ2) is 8.60. The molecule has 2 aromatic carbocycles. The predicted molar refractivity (Wildman–Crippen MR) is 106 cm³/mol. The van der Waals surface area contributed by atoms with Crippen LogP contribution < -0.4 is 5.73 Å². The van der Waals surface area contributed by atoms with Gasteiger partial charge < -0.3 is 10.6 Å². The largest absolute Gasteiger partial charge is 0.366 e. The van der Waals surface area contributed by atoms with Crippen molar-refractivity contribution in [2.75, 3.05) is 13.6 Å². The molecule has 2 N–H and O–H groups in total. The molecule has 3 rings (SSSR count). The Bertz CT molecular complexity index is 890. The maximum Gasteiger partial charge on any atom is 0.248 e. The van der Waals surface area contributed by atoms with Crippen LogP contribution in [0.5, 0.6) is 0 Å². The van der Waals surface area contributed by atoms with Crippen LogP contribution in [0, 0.1) is 0 Å². The van der Waals surface area contributed by atoms with Gasteiger partial charge in [-0.15, -0.1) is 5.10 Å². The third kappa shape index (κ3) is 5.01. The summed E-state index contributed by atoms with van der Waals surface area (Å²) in [6.45, 7) is 3.82. The fraction of sp³-hybridized carbons (Fsp3) is 0.286. The minimum atomic E-state index is -0.386. The van der Waals surface area contributed by atoms with Gasteiger partial charge in [0.1, 0.15) is 0 Å². The van der Waals surface area contributed by atoms with Gasteiger partial charge in [-0.3, -0.25) is 4.79 Å². The summed E-state index contributed by atoms with van der Waals surface area (Å²) in [6, 6.07) is 17.5. The standard InChI is InChI=1S/C21H25N5O/c1-16(17-7-6-8-18(13-17)21(22)27)11-12-25(2)14-19-15-26(24-23-19)20-9-4-3-5-10-20/h3-10,13,15-16H,11-12,14H2,1-2H3,(H2,22,27). The van der Waals surface area contributed by atoms with E-state index in [1.165, 1.54) is 0 Å². The lowest BCUT2D eigenvalue weighted by atomic mass is 9.96. The summed E-state index contributed by atoms with van der Waals surface area (Å²) < 4.78 is 1.79. The van der Waals surface area contributed by atoms with Gasteiger partial charge in [-0.2, -0.15) is 0 Å². The highest BCUT2D eigenvalue weighted by Crippen LogP contribution is 2.20. The lowest BCUT2D eigenvalue weighted by Crippen LogP contribution is -2.20. The molecule has 1 heterocycles. The van der Waals surface area contributed by atoms with Crippen molar-refractivity contribution in [3.63, 3.8) is 0 Å². The lowest BCUT2D eigenvalue weighted by Gasteiger charge is -2.18. The van der Waals surface area contributed by atoms with E-state index < -0.39 is 0 Å². The van der Waals surface area contributed by atoms with Crippen molar-refractivity contribution >= 4 is 5.91 Å². The number of aromatic nitrogens is 3. The number of carbonyl (C=O) groups is 1. The molecule has 0 fully saturated rings. The molecule has 6 nitrogen and oxygen atoms in total. The van der Waals surface area contributed by atoms with Gasteiger partial charge in [-0.25, -0.2) is 4.68 Å². The Morgan fingerprint density at radius 3 is 2.70 bits per heavy atom. The number of primary amides is 1. The predicted octanol–water partition coefficient (Wildman–Crippen LogP) is 2.99. The third-order valence-electron chi connectivity index (χ3n) is 4.68. The van der Waals surface area contributed by atoms with Crippen LogP contribution in [0.15, 0.2) is 60.8 Å². The van der Waals surface area contributed by atoms with Crippen LogP contribution in [0.25, 0.3) is 5.69 Å². The zero-order chi connectivity index (χ0) is 19.2. The van der Waals surface area contributed by atoms with Crippen molar-refractivity contribution in [3.05, 3.63) is 77.6 Å². The number of para-hydroxylation sites is 1. The van der Waals surface area contributed by atoms with E-state index in [1.807, 2.05) is 54.7 Å². The number of nitrogens with two attached hydrogens (primary N) is 1. The number of carbonyl (C=O) groups excluding carboxylic acids is 1. The van der Waals surface area contributed by atoms with Crippen LogP contribution >= 0.6 is 0 Å². The van der Waals surface area contributed by atoms with E-state index in [-0.39, 0.29) is 5.91 Å². The maximum absolute atomic E-state index is 11.3. The van der Waals surface area contributed by atoms with Gasteiger partial charge in [0.25, 0.3) is 0 Å². The summed E-state index contributed by atoms with van der Waals surface area (Å²) in [5.41, 5.74) is 9.00. The van der Waals surface area contributed by atoms with E-state index in [9.17, 15) is 4.79 Å². The van der Waals surface area contributed by atoms with Gasteiger partial charge >= 0.3 is 0 Å². The Balaban J connectivity index is 1.54. The molecular weight excluding hydrogens is 338 g/mol. The number of nitrogens with zero attached hydrogens (tertiary/aromatic N) is 4. The van der Waals surface area contributed by atoms with E-state index >= 15 is 0 Å². The zero-order valence-corrected chi connectivity index (χ0v) is 15.7. The molecule has 140 valence electrons. The molecule has 0 radical (unpaired) electrons. The molecule has 27 heavy (non-hydrogen) atoms. The summed E-state index contributed by atoms with van der Waals surface area (Å²) in [7, 11) is 2.08. The first-order valence-corrected chi connectivity index (χ1v) is 9.08. The normalized spacial score (nSPS) is 12.3. The number of hydrogen-bond donors (Lipinski definition) is 1.